The van der Waals surface area contributed by atoms with Crippen molar-refractivity contribution < 1.29 is 9.53 Å². The number of nitrogens with one attached hydrogen (secondary N) is 1. The number of benzene rings is 1. The zero-order valence-corrected chi connectivity index (χ0v) is 9.67. The van der Waals surface area contributed by atoms with Gasteiger partial charge in [0.2, 0.25) is 5.91 Å². The number of halogens is 1. The molecule has 1 aromatic carbocycles. The van der Waals surface area contributed by atoms with E-state index in [4.69, 9.17) is 16.3 Å². The predicted molar refractivity (Wildman–Crippen MR) is 63.6 cm³/mol. The van der Waals surface area contributed by atoms with Gasteiger partial charge in [-0.1, -0.05) is 18.2 Å². The van der Waals surface area contributed by atoms with Gasteiger partial charge >= 0.3 is 0 Å². The summed E-state index contributed by atoms with van der Waals surface area (Å²) < 4.78 is 5.19. The number of carbonyl (C=O) groups is 1. The zero-order chi connectivity index (χ0) is 11.4. The number of ether oxygens (including phenoxy) is 1. The second-order valence-corrected chi connectivity index (χ2v) is 4.11. The molecule has 0 radical (unpaired) electrons. The van der Waals surface area contributed by atoms with Gasteiger partial charge in [0, 0.05) is 18.2 Å². The Morgan fingerprint density at radius 1 is 1.50 bits per heavy atom. The van der Waals surface area contributed by atoms with Crippen molar-refractivity contribution in [1.82, 2.24) is 0 Å². The highest BCUT2D eigenvalue weighted by atomic mass is 35.5. The molecule has 0 aromatic heterocycles. The molecule has 16 heavy (non-hydrogen) atoms. The Kier molecular flexibility index (Phi) is 3.80. The molecule has 1 atom stereocenters. The Morgan fingerprint density at radius 3 is 3.00 bits per heavy atom. The summed E-state index contributed by atoms with van der Waals surface area (Å²) in [6.07, 6.45) is 0.800. The van der Waals surface area contributed by atoms with Crippen LogP contribution in [0.1, 0.15) is 12.0 Å². The van der Waals surface area contributed by atoms with Crippen LogP contribution in [0.25, 0.3) is 0 Å². The van der Waals surface area contributed by atoms with E-state index in [0.29, 0.717) is 19.1 Å². The maximum Gasteiger partial charge on any atom is 0.229 e. The maximum atomic E-state index is 11.8. The lowest BCUT2D eigenvalue weighted by atomic mass is 10.1. The molecule has 1 N–H and O–H groups in total. The first-order valence-electron chi connectivity index (χ1n) is 5.33. The number of carbonyl (C=O) groups excluding carboxylic acids is 1. The van der Waals surface area contributed by atoms with Crippen molar-refractivity contribution in [2.75, 3.05) is 18.5 Å². The largest absolute Gasteiger partial charge is 0.381 e. The van der Waals surface area contributed by atoms with Crippen LogP contribution in [0.3, 0.4) is 0 Å². The summed E-state index contributed by atoms with van der Waals surface area (Å²) in [6, 6.07) is 7.57. The zero-order valence-electron chi connectivity index (χ0n) is 8.91. The Morgan fingerprint density at radius 2 is 2.31 bits per heavy atom. The minimum absolute atomic E-state index is 0.0232. The van der Waals surface area contributed by atoms with Gasteiger partial charge in [0.05, 0.1) is 12.5 Å². The van der Waals surface area contributed by atoms with Crippen molar-refractivity contribution in [3.05, 3.63) is 29.8 Å². The lowest BCUT2D eigenvalue weighted by molar-refractivity contribution is -0.119. The molecule has 0 aliphatic carbocycles. The molecule has 1 aliphatic rings. The summed E-state index contributed by atoms with van der Waals surface area (Å²) in [5, 5.41) is 2.90. The number of hydrogen-bond donors (Lipinski definition) is 1. The molecule has 86 valence electrons. The summed E-state index contributed by atoms with van der Waals surface area (Å²) >= 11 is 5.80. The van der Waals surface area contributed by atoms with E-state index in [2.05, 4.69) is 5.32 Å². The first-order valence-corrected chi connectivity index (χ1v) is 5.87. The molecule has 0 bridgehead atoms. The minimum Gasteiger partial charge on any atom is -0.381 e. The van der Waals surface area contributed by atoms with Crippen LogP contribution >= 0.6 is 11.6 Å². The van der Waals surface area contributed by atoms with Gasteiger partial charge in [-0.25, -0.2) is 0 Å². The molecule has 0 spiro atoms. The second-order valence-electron chi connectivity index (χ2n) is 3.84. The molecule has 1 aromatic rings. The number of hydrogen-bond acceptors (Lipinski definition) is 2. The highest BCUT2D eigenvalue weighted by molar-refractivity contribution is 6.17. The van der Waals surface area contributed by atoms with Crippen LogP contribution in [0, 0.1) is 5.92 Å². The Balaban J connectivity index is 2.05. The molecule has 2 rings (SSSR count). The summed E-state index contributed by atoms with van der Waals surface area (Å²) in [7, 11) is 0. The van der Waals surface area contributed by atoms with E-state index in [1.807, 2.05) is 24.3 Å². The van der Waals surface area contributed by atoms with Gasteiger partial charge in [-0.2, -0.15) is 0 Å². The van der Waals surface area contributed by atoms with Crippen LogP contribution in [-0.2, 0) is 15.4 Å². The number of amides is 1. The van der Waals surface area contributed by atoms with Gasteiger partial charge in [0.25, 0.3) is 0 Å². The van der Waals surface area contributed by atoms with E-state index < -0.39 is 0 Å². The van der Waals surface area contributed by atoms with E-state index in [9.17, 15) is 4.79 Å². The monoisotopic (exact) mass is 239 g/mol. The summed E-state index contributed by atoms with van der Waals surface area (Å²) in [5.74, 6) is 0.399. The van der Waals surface area contributed by atoms with Crippen molar-refractivity contribution in [2.45, 2.75) is 12.3 Å². The highest BCUT2D eigenvalue weighted by Gasteiger charge is 2.23. The maximum absolute atomic E-state index is 11.8. The predicted octanol–water partition coefficient (Wildman–Crippen LogP) is 2.40. The standard InChI is InChI=1S/C12H14ClNO2/c13-7-9-3-1-2-4-11(9)14-12(15)10-5-6-16-8-10/h1-4,10H,5-8H2,(H,14,15). The average Bonchev–Trinajstić information content (AvgIpc) is 2.83. The van der Waals surface area contributed by atoms with Crippen LogP contribution in [-0.4, -0.2) is 19.1 Å². The number of para-hydroxylation sites is 1. The van der Waals surface area contributed by atoms with Gasteiger partial charge in [-0.05, 0) is 18.1 Å². The molecule has 4 heteroatoms. The second kappa shape index (κ2) is 5.32. The van der Waals surface area contributed by atoms with E-state index in [-0.39, 0.29) is 11.8 Å². The lowest BCUT2D eigenvalue weighted by Gasteiger charge is -2.11. The van der Waals surface area contributed by atoms with Crippen LogP contribution in [0.15, 0.2) is 24.3 Å². The molecular formula is C12H14ClNO2. The highest BCUT2D eigenvalue weighted by Crippen LogP contribution is 2.20. The smallest absolute Gasteiger partial charge is 0.229 e. The van der Waals surface area contributed by atoms with Gasteiger partial charge in [0.1, 0.15) is 0 Å². The van der Waals surface area contributed by atoms with Crippen LogP contribution in [0.5, 0.6) is 0 Å². The summed E-state index contributed by atoms with van der Waals surface area (Å²) in [5.41, 5.74) is 1.74. The first kappa shape index (κ1) is 11.4. The molecule has 1 saturated heterocycles. The molecule has 1 unspecified atom stereocenters. The van der Waals surface area contributed by atoms with Crippen molar-refractivity contribution >= 4 is 23.2 Å². The fourth-order valence-electron chi connectivity index (χ4n) is 1.73. The lowest BCUT2D eigenvalue weighted by Crippen LogP contribution is -2.23. The van der Waals surface area contributed by atoms with E-state index in [0.717, 1.165) is 17.7 Å². The summed E-state index contributed by atoms with van der Waals surface area (Å²) in [6.45, 7) is 1.20. The van der Waals surface area contributed by atoms with Crippen LogP contribution in [0.2, 0.25) is 0 Å². The first-order chi connectivity index (χ1) is 7.81. The molecule has 1 heterocycles. The van der Waals surface area contributed by atoms with Gasteiger partial charge < -0.3 is 10.1 Å². The fraction of sp³-hybridized carbons (Fsp3) is 0.417. The minimum atomic E-state index is -0.0246. The van der Waals surface area contributed by atoms with Crippen molar-refractivity contribution in [2.24, 2.45) is 5.92 Å². The third-order valence-corrected chi connectivity index (χ3v) is 3.01. The summed E-state index contributed by atoms with van der Waals surface area (Å²) in [4.78, 5) is 11.8. The molecule has 0 saturated carbocycles. The number of alkyl halides is 1. The van der Waals surface area contributed by atoms with E-state index in [1.54, 1.807) is 0 Å². The third-order valence-electron chi connectivity index (χ3n) is 2.72. The Labute approximate surface area is 99.7 Å². The van der Waals surface area contributed by atoms with Crippen molar-refractivity contribution in [3.63, 3.8) is 0 Å². The van der Waals surface area contributed by atoms with E-state index in [1.165, 1.54) is 0 Å². The molecule has 1 aliphatic heterocycles. The van der Waals surface area contributed by atoms with Gasteiger partial charge in [-0.15, -0.1) is 11.6 Å². The van der Waals surface area contributed by atoms with Crippen LogP contribution in [0.4, 0.5) is 5.69 Å². The van der Waals surface area contributed by atoms with E-state index >= 15 is 0 Å². The Bertz CT molecular complexity index is 375. The number of anilines is 1. The molecule has 1 fully saturated rings. The quantitative estimate of drug-likeness (QED) is 0.823. The van der Waals surface area contributed by atoms with Crippen molar-refractivity contribution in [3.8, 4) is 0 Å². The topological polar surface area (TPSA) is 38.3 Å². The van der Waals surface area contributed by atoms with Gasteiger partial charge in [0.15, 0.2) is 0 Å². The molecule has 3 nitrogen and oxygen atoms in total. The Hall–Kier alpha value is -1.06. The van der Waals surface area contributed by atoms with Crippen molar-refractivity contribution in [1.29, 1.82) is 0 Å². The SMILES string of the molecule is O=C(Nc1ccccc1CCl)C1CCOC1. The molecule has 1 amide bonds. The van der Waals surface area contributed by atoms with Gasteiger partial charge in [-0.3, -0.25) is 4.79 Å². The fourth-order valence-corrected chi connectivity index (χ4v) is 1.97. The normalized spacial score (nSPS) is 19.7. The molecular weight excluding hydrogens is 226 g/mol. The third kappa shape index (κ3) is 2.54. The van der Waals surface area contributed by atoms with Crippen LogP contribution < -0.4 is 5.32 Å². The average molecular weight is 240 g/mol. The number of rotatable bonds is 3.